The molecule has 1 heterocycles. The van der Waals surface area contributed by atoms with Crippen molar-refractivity contribution in [2.45, 2.75) is 38.1 Å². The first-order valence-corrected chi connectivity index (χ1v) is 14.2. The van der Waals surface area contributed by atoms with Gasteiger partial charge in [-0.2, -0.15) is 0 Å². The smallest absolute Gasteiger partial charge is 0.407 e. The number of carboxylic acid groups (broad SMARTS) is 1. The molecule has 0 aromatic carbocycles. The van der Waals surface area contributed by atoms with Crippen molar-refractivity contribution in [2.75, 3.05) is 72.9 Å². The number of carboxylic acids is 1. The molecule has 1 aliphatic rings. The van der Waals surface area contributed by atoms with Gasteiger partial charge in [-0.25, -0.2) is 4.79 Å². The maximum absolute atomic E-state index is 12.4. The number of methoxy groups -OCH3 is 1. The van der Waals surface area contributed by atoms with Gasteiger partial charge in [0.15, 0.2) is 0 Å². The van der Waals surface area contributed by atoms with Crippen LogP contribution in [-0.2, 0) is 52.5 Å². The molecular weight excluding hydrogens is 602 g/mol. The van der Waals surface area contributed by atoms with Gasteiger partial charge < -0.3 is 45.3 Å². The van der Waals surface area contributed by atoms with E-state index in [0.29, 0.717) is 13.0 Å². The summed E-state index contributed by atoms with van der Waals surface area (Å²) in [6, 6.07) is -1.29. The fourth-order valence-electron chi connectivity index (χ4n) is 3.45. The van der Waals surface area contributed by atoms with Gasteiger partial charge in [-0.05, 0) is 6.42 Å². The topological polar surface area (TPSA) is 245 Å². The standard InChI is InChI=1S/C27H41N5O13/c1-42-14-10-28-26(40)20(18-45-27(41)29-9-6-25(38)39)31-22(35)17-30-21(34)8-13-44-16-15-43-12-2-3-19(33)7-11-32-23(36)4-5-24(32)37/h4-5,20H,2-3,6-18H2,1H3,(H,28,40)(H,29,41)(H,30,34)(H,31,35)(H,38,39). The van der Waals surface area contributed by atoms with Crippen LogP contribution in [0.5, 0.6) is 0 Å². The lowest BCUT2D eigenvalue weighted by molar-refractivity contribution is -0.138. The monoisotopic (exact) mass is 643 g/mol. The minimum Gasteiger partial charge on any atom is -0.481 e. The highest BCUT2D eigenvalue weighted by molar-refractivity contribution is 6.13. The summed E-state index contributed by atoms with van der Waals surface area (Å²) in [7, 11) is 1.43. The van der Waals surface area contributed by atoms with Crippen LogP contribution in [0.25, 0.3) is 0 Å². The molecule has 0 saturated carbocycles. The van der Waals surface area contributed by atoms with Crippen molar-refractivity contribution < 1.29 is 62.4 Å². The highest BCUT2D eigenvalue weighted by Crippen LogP contribution is 2.06. The molecule has 1 rings (SSSR count). The second kappa shape index (κ2) is 23.0. The molecule has 0 aromatic heterocycles. The molecule has 0 fully saturated rings. The normalized spacial score (nSPS) is 12.9. The Bertz CT molecular complexity index is 1050. The lowest BCUT2D eigenvalue weighted by atomic mass is 10.1. The quantitative estimate of drug-likeness (QED) is 0.0517. The summed E-state index contributed by atoms with van der Waals surface area (Å²) in [5.74, 6) is -3.95. The van der Waals surface area contributed by atoms with Gasteiger partial charge in [0.2, 0.25) is 17.7 Å². The molecular formula is C27H41N5O13. The third-order valence-corrected chi connectivity index (χ3v) is 5.80. The second-order valence-electron chi connectivity index (χ2n) is 9.38. The summed E-state index contributed by atoms with van der Waals surface area (Å²) in [5.41, 5.74) is 0. The number of ketones is 1. The lowest BCUT2D eigenvalue weighted by Crippen LogP contribution is -2.52. The number of hydrogen-bond donors (Lipinski definition) is 5. The van der Waals surface area contributed by atoms with Crippen molar-refractivity contribution in [3.63, 3.8) is 0 Å². The Morgan fingerprint density at radius 1 is 0.800 bits per heavy atom. The van der Waals surface area contributed by atoms with Gasteiger partial charge in [0.25, 0.3) is 11.8 Å². The van der Waals surface area contributed by atoms with E-state index in [2.05, 4.69) is 21.3 Å². The van der Waals surface area contributed by atoms with Crippen LogP contribution in [0, 0.1) is 0 Å². The van der Waals surface area contributed by atoms with Crippen LogP contribution >= 0.6 is 0 Å². The number of hydrogen-bond acceptors (Lipinski definition) is 12. The first kappa shape index (κ1) is 38.6. The number of Topliss-reactive ketones (excluding diaryl/α,β-unsaturated/α-hetero) is 1. The third-order valence-electron chi connectivity index (χ3n) is 5.80. The molecule has 5 N–H and O–H groups in total. The fourth-order valence-corrected chi connectivity index (χ4v) is 3.45. The molecule has 18 heteroatoms. The first-order chi connectivity index (χ1) is 21.5. The minimum absolute atomic E-state index is 0.0491. The Kier molecular flexibility index (Phi) is 19.8. The van der Waals surface area contributed by atoms with Crippen molar-refractivity contribution in [1.82, 2.24) is 26.2 Å². The van der Waals surface area contributed by atoms with E-state index in [9.17, 15) is 38.4 Å². The maximum Gasteiger partial charge on any atom is 0.407 e. The summed E-state index contributed by atoms with van der Waals surface area (Å²) in [6.45, 7) is -0.0544. The number of carbonyl (C=O) groups is 8. The van der Waals surface area contributed by atoms with Crippen LogP contribution in [0.2, 0.25) is 0 Å². The zero-order valence-electron chi connectivity index (χ0n) is 25.1. The Labute approximate surface area is 259 Å². The van der Waals surface area contributed by atoms with Crippen molar-refractivity contribution >= 4 is 47.4 Å². The number of aliphatic carboxylic acids is 1. The number of nitrogens with one attached hydrogen (secondary N) is 4. The van der Waals surface area contributed by atoms with Gasteiger partial charge >= 0.3 is 12.1 Å². The Balaban J connectivity index is 2.18. The third kappa shape index (κ3) is 18.8. The van der Waals surface area contributed by atoms with E-state index in [1.165, 1.54) is 19.3 Å². The SMILES string of the molecule is COCCNC(=O)C(COC(=O)NCCC(=O)O)NC(=O)CNC(=O)CCOCCOCCCC(=O)CCN1C(=O)C=CC1=O. The molecule has 252 valence electrons. The average molecular weight is 644 g/mol. The Morgan fingerprint density at radius 2 is 1.49 bits per heavy atom. The fraction of sp³-hybridized carbons (Fsp3) is 0.630. The zero-order valence-corrected chi connectivity index (χ0v) is 25.1. The van der Waals surface area contributed by atoms with Crippen molar-refractivity contribution in [1.29, 1.82) is 0 Å². The molecule has 6 amide bonds. The van der Waals surface area contributed by atoms with Gasteiger partial charge in [-0.15, -0.1) is 0 Å². The lowest BCUT2D eigenvalue weighted by Gasteiger charge is -2.19. The van der Waals surface area contributed by atoms with E-state index >= 15 is 0 Å². The summed E-state index contributed by atoms with van der Waals surface area (Å²) >= 11 is 0. The summed E-state index contributed by atoms with van der Waals surface area (Å²) in [6.07, 6.45) is 1.76. The first-order valence-electron chi connectivity index (χ1n) is 14.2. The molecule has 0 saturated heterocycles. The summed E-state index contributed by atoms with van der Waals surface area (Å²) < 4.78 is 20.4. The second-order valence-corrected chi connectivity index (χ2v) is 9.38. The number of rotatable bonds is 25. The summed E-state index contributed by atoms with van der Waals surface area (Å²) in [4.78, 5) is 94.8. The van der Waals surface area contributed by atoms with Crippen LogP contribution < -0.4 is 21.3 Å². The van der Waals surface area contributed by atoms with E-state index in [1.807, 2.05) is 0 Å². The van der Waals surface area contributed by atoms with E-state index < -0.39 is 60.8 Å². The van der Waals surface area contributed by atoms with Gasteiger partial charge in [-0.1, -0.05) is 0 Å². The van der Waals surface area contributed by atoms with Crippen molar-refractivity contribution in [3.8, 4) is 0 Å². The van der Waals surface area contributed by atoms with Gasteiger partial charge in [0, 0.05) is 64.8 Å². The number of nitrogens with zero attached hydrogens (tertiary/aromatic N) is 1. The Morgan fingerprint density at radius 3 is 2.16 bits per heavy atom. The van der Waals surface area contributed by atoms with Gasteiger partial charge in [-0.3, -0.25) is 38.5 Å². The highest BCUT2D eigenvalue weighted by Gasteiger charge is 2.24. The number of alkyl carbamates (subject to hydrolysis) is 1. The van der Waals surface area contributed by atoms with Crippen LogP contribution in [-0.4, -0.2) is 136 Å². The van der Waals surface area contributed by atoms with Crippen LogP contribution in [0.3, 0.4) is 0 Å². The minimum atomic E-state index is -1.29. The van der Waals surface area contributed by atoms with Crippen molar-refractivity contribution in [2.24, 2.45) is 0 Å². The molecule has 1 atom stereocenters. The Hall–Kier alpha value is -4.42. The molecule has 0 radical (unpaired) electrons. The number of ether oxygens (including phenoxy) is 4. The van der Waals surface area contributed by atoms with Gasteiger partial charge in [0.05, 0.1) is 39.4 Å². The van der Waals surface area contributed by atoms with Gasteiger partial charge in [0.1, 0.15) is 18.4 Å². The van der Waals surface area contributed by atoms with E-state index in [4.69, 9.17) is 24.1 Å². The molecule has 1 aliphatic heterocycles. The predicted molar refractivity (Wildman–Crippen MR) is 152 cm³/mol. The molecule has 18 nitrogen and oxygen atoms in total. The van der Waals surface area contributed by atoms with E-state index in [1.54, 1.807) is 0 Å². The summed E-state index contributed by atoms with van der Waals surface area (Å²) in [5, 5.41) is 18.0. The van der Waals surface area contributed by atoms with Crippen molar-refractivity contribution in [3.05, 3.63) is 12.2 Å². The molecule has 0 aliphatic carbocycles. The highest BCUT2D eigenvalue weighted by atomic mass is 16.5. The van der Waals surface area contributed by atoms with Crippen LogP contribution in [0.4, 0.5) is 4.79 Å². The van der Waals surface area contributed by atoms with Crippen LogP contribution in [0.1, 0.15) is 32.1 Å². The molecule has 0 bridgehead atoms. The molecule has 0 aromatic rings. The van der Waals surface area contributed by atoms with E-state index in [0.717, 1.165) is 4.90 Å². The molecule has 0 spiro atoms. The number of imide groups is 1. The number of carbonyl (C=O) groups excluding carboxylic acids is 7. The van der Waals surface area contributed by atoms with E-state index in [-0.39, 0.29) is 77.5 Å². The largest absolute Gasteiger partial charge is 0.481 e. The predicted octanol–water partition coefficient (Wildman–Crippen LogP) is -2.36. The zero-order chi connectivity index (χ0) is 33.5. The molecule has 1 unspecified atom stereocenters. The molecule has 45 heavy (non-hydrogen) atoms. The number of amides is 6. The average Bonchev–Trinajstić information content (AvgIpc) is 3.32. The maximum atomic E-state index is 12.4. The van der Waals surface area contributed by atoms with Crippen LogP contribution in [0.15, 0.2) is 12.2 Å².